The van der Waals surface area contributed by atoms with Gasteiger partial charge in [-0.05, 0) is 37.0 Å². The standard InChI is InChI=1S/C10H16O2.C6H10O5.C2H6/c1-9(2)7-3-5-10(9,6-4-7)8(11)12;7-3-1-4(6(9)10)11-5(8)2-3;1-2/h7H,3-6H2,1-2H3,(H,11,12);3-5,7-8H,1-2H2,(H,9,10);1-2H3/t;3-,4-,5+;/m.0./s1. The van der Waals surface area contributed by atoms with Gasteiger partial charge in [0.15, 0.2) is 12.4 Å². The number of aliphatic hydroxyl groups excluding tert-OH is 2. The van der Waals surface area contributed by atoms with Gasteiger partial charge in [0.25, 0.3) is 0 Å². The van der Waals surface area contributed by atoms with E-state index in [0.29, 0.717) is 5.92 Å². The van der Waals surface area contributed by atoms with Crippen molar-refractivity contribution in [2.24, 2.45) is 16.7 Å². The van der Waals surface area contributed by atoms with Crippen molar-refractivity contribution in [1.82, 2.24) is 0 Å². The van der Waals surface area contributed by atoms with Gasteiger partial charge < -0.3 is 25.2 Å². The van der Waals surface area contributed by atoms with Gasteiger partial charge in [0, 0.05) is 12.8 Å². The van der Waals surface area contributed by atoms with Crippen LogP contribution in [0.5, 0.6) is 0 Å². The minimum atomic E-state index is -1.15. The molecule has 7 heteroatoms. The first-order valence-electron chi connectivity index (χ1n) is 9.08. The van der Waals surface area contributed by atoms with Crippen LogP contribution in [0.4, 0.5) is 0 Å². The van der Waals surface area contributed by atoms with E-state index in [1.165, 1.54) is 0 Å². The average molecular weight is 360 g/mol. The highest BCUT2D eigenvalue weighted by molar-refractivity contribution is 5.77. The Labute approximate surface area is 149 Å². The predicted octanol–water partition coefficient (Wildman–Crippen LogP) is 2.24. The highest BCUT2D eigenvalue weighted by Crippen LogP contribution is 2.65. The molecule has 0 spiro atoms. The second-order valence-corrected chi connectivity index (χ2v) is 7.43. The highest BCUT2D eigenvalue weighted by atomic mass is 16.6. The normalized spacial score (nSPS) is 38.0. The summed E-state index contributed by atoms with van der Waals surface area (Å²) in [6.45, 7) is 8.26. The van der Waals surface area contributed by atoms with E-state index >= 15 is 0 Å². The lowest BCUT2D eigenvalue weighted by Gasteiger charge is -2.33. The van der Waals surface area contributed by atoms with Crippen LogP contribution in [0.15, 0.2) is 0 Å². The van der Waals surface area contributed by atoms with E-state index in [0.717, 1.165) is 25.7 Å². The zero-order valence-corrected chi connectivity index (χ0v) is 15.6. The molecule has 4 N–H and O–H groups in total. The molecule has 3 rings (SSSR count). The van der Waals surface area contributed by atoms with Crippen molar-refractivity contribution in [3.05, 3.63) is 0 Å². The Hall–Kier alpha value is -1.18. The van der Waals surface area contributed by atoms with Gasteiger partial charge in [-0.2, -0.15) is 0 Å². The molecule has 2 aliphatic carbocycles. The topological polar surface area (TPSA) is 124 Å². The Morgan fingerprint density at radius 3 is 1.80 bits per heavy atom. The average Bonchev–Trinajstić information content (AvgIpc) is 2.95. The van der Waals surface area contributed by atoms with Crippen LogP contribution in [0.25, 0.3) is 0 Å². The zero-order chi connectivity index (χ0) is 19.4. The summed E-state index contributed by atoms with van der Waals surface area (Å²) < 4.78 is 4.61. The third kappa shape index (κ3) is 4.33. The van der Waals surface area contributed by atoms with Crippen molar-refractivity contribution < 1.29 is 34.8 Å². The van der Waals surface area contributed by atoms with Gasteiger partial charge in [-0.3, -0.25) is 4.79 Å². The molecule has 3 aliphatic rings. The highest BCUT2D eigenvalue weighted by Gasteiger charge is 2.63. The molecule has 0 aromatic heterocycles. The number of carboxylic acid groups (broad SMARTS) is 2. The first-order valence-corrected chi connectivity index (χ1v) is 9.08. The number of hydrogen-bond donors (Lipinski definition) is 4. The molecule has 25 heavy (non-hydrogen) atoms. The molecule has 2 bridgehead atoms. The lowest BCUT2D eigenvalue weighted by Crippen LogP contribution is -2.39. The van der Waals surface area contributed by atoms with Crippen LogP contribution in [0.3, 0.4) is 0 Å². The van der Waals surface area contributed by atoms with Crippen molar-refractivity contribution >= 4 is 11.9 Å². The number of carboxylic acids is 2. The van der Waals surface area contributed by atoms with Crippen LogP contribution in [-0.4, -0.2) is 50.9 Å². The number of hydrogen-bond acceptors (Lipinski definition) is 5. The molecule has 0 unspecified atom stereocenters. The number of carbonyl (C=O) groups is 2. The molecule has 1 heterocycles. The number of aliphatic hydroxyl groups is 2. The Morgan fingerprint density at radius 2 is 1.52 bits per heavy atom. The van der Waals surface area contributed by atoms with E-state index in [4.69, 9.17) is 15.3 Å². The Bertz CT molecular complexity index is 456. The first kappa shape index (κ1) is 21.9. The zero-order valence-electron chi connectivity index (χ0n) is 15.6. The van der Waals surface area contributed by atoms with Crippen molar-refractivity contribution in [2.75, 3.05) is 0 Å². The number of aliphatic carboxylic acids is 2. The first-order chi connectivity index (χ1) is 11.6. The lowest BCUT2D eigenvalue weighted by molar-refractivity contribution is -0.203. The maximum atomic E-state index is 11.2. The summed E-state index contributed by atoms with van der Waals surface area (Å²) in [7, 11) is 0. The van der Waals surface area contributed by atoms with E-state index in [1.807, 2.05) is 13.8 Å². The molecule has 146 valence electrons. The monoisotopic (exact) mass is 360 g/mol. The van der Waals surface area contributed by atoms with Crippen LogP contribution < -0.4 is 0 Å². The summed E-state index contributed by atoms with van der Waals surface area (Å²) >= 11 is 0. The Balaban J connectivity index is 0.000000229. The predicted molar refractivity (Wildman–Crippen MR) is 90.9 cm³/mol. The molecular weight excluding hydrogens is 328 g/mol. The number of ether oxygens (including phenoxy) is 1. The number of fused-ring (bicyclic) bond motifs is 2. The van der Waals surface area contributed by atoms with Gasteiger partial charge >= 0.3 is 11.9 Å². The van der Waals surface area contributed by atoms with Gasteiger partial charge in [0.2, 0.25) is 0 Å². The Morgan fingerprint density at radius 1 is 1.00 bits per heavy atom. The van der Waals surface area contributed by atoms with Crippen LogP contribution >= 0.6 is 0 Å². The van der Waals surface area contributed by atoms with E-state index in [1.54, 1.807) is 0 Å². The van der Waals surface area contributed by atoms with Crippen LogP contribution in [0.1, 0.15) is 66.2 Å². The molecule has 0 aromatic carbocycles. The molecule has 1 saturated heterocycles. The summed E-state index contributed by atoms with van der Waals surface area (Å²) in [5, 5.41) is 35.5. The van der Waals surface area contributed by atoms with Gasteiger partial charge in [-0.1, -0.05) is 27.7 Å². The fourth-order valence-corrected chi connectivity index (χ4v) is 4.39. The summed E-state index contributed by atoms with van der Waals surface area (Å²) in [5.41, 5.74) is -0.337. The van der Waals surface area contributed by atoms with Crippen LogP contribution in [-0.2, 0) is 14.3 Å². The largest absolute Gasteiger partial charge is 0.481 e. The summed E-state index contributed by atoms with van der Waals surface area (Å²) in [4.78, 5) is 21.5. The second kappa shape index (κ2) is 8.47. The van der Waals surface area contributed by atoms with Gasteiger partial charge in [0.05, 0.1) is 11.5 Å². The van der Waals surface area contributed by atoms with Gasteiger partial charge in [0.1, 0.15) is 0 Å². The molecule has 0 radical (unpaired) electrons. The van der Waals surface area contributed by atoms with Crippen molar-refractivity contribution in [1.29, 1.82) is 0 Å². The SMILES string of the molecule is CC.CC1(C)C2CCC1(C(=O)O)CC2.O=C(O)[C@@H]1C[C@H](O)C[C@H](O)O1. The third-order valence-corrected chi connectivity index (χ3v) is 6.06. The number of rotatable bonds is 2. The minimum absolute atomic E-state index is 0.0405. The van der Waals surface area contributed by atoms with Crippen molar-refractivity contribution in [2.45, 2.75) is 84.7 Å². The maximum Gasteiger partial charge on any atom is 0.333 e. The molecule has 3 atom stereocenters. The molecule has 3 fully saturated rings. The quantitative estimate of drug-likeness (QED) is 0.595. The van der Waals surface area contributed by atoms with Crippen molar-refractivity contribution in [3.63, 3.8) is 0 Å². The molecule has 0 aromatic rings. The van der Waals surface area contributed by atoms with Gasteiger partial charge in [-0.25, -0.2) is 4.79 Å². The van der Waals surface area contributed by atoms with Crippen LogP contribution in [0.2, 0.25) is 0 Å². The van der Waals surface area contributed by atoms with Crippen molar-refractivity contribution in [3.8, 4) is 0 Å². The minimum Gasteiger partial charge on any atom is -0.481 e. The smallest absolute Gasteiger partial charge is 0.333 e. The summed E-state index contributed by atoms with van der Waals surface area (Å²) in [5.74, 6) is -1.05. The van der Waals surface area contributed by atoms with Gasteiger partial charge in [-0.15, -0.1) is 0 Å². The molecular formula is C18H32O7. The third-order valence-electron chi connectivity index (χ3n) is 6.06. The lowest BCUT2D eigenvalue weighted by atomic mass is 9.69. The molecule has 7 nitrogen and oxygen atoms in total. The summed E-state index contributed by atoms with van der Waals surface area (Å²) in [6, 6.07) is 0. The van der Waals surface area contributed by atoms with Crippen LogP contribution in [0, 0.1) is 16.7 Å². The van der Waals surface area contributed by atoms with E-state index < -0.39 is 30.4 Å². The van der Waals surface area contributed by atoms with E-state index in [2.05, 4.69) is 18.6 Å². The summed E-state index contributed by atoms with van der Waals surface area (Å²) in [6.07, 6.45) is 1.18. The van der Waals surface area contributed by atoms with E-state index in [-0.39, 0.29) is 23.7 Å². The molecule has 1 aliphatic heterocycles. The van der Waals surface area contributed by atoms with E-state index in [9.17, 15) is 14.7 Å². The maximum absolute atomic E-state index is 11.2. The molecule has 2 saturated carbocycles. The fraction of sp³-hybridized carbons (Fsp3) is 0.889. The fourth-order valence-electron chi connectivity index (χ4n) is 4.39. The second-order valence-electron chi connectivity index (χ2n) is 7.43. The Kier molecular flexibility index (Phi) is 7.40. The molecule has 0 amide bonds.